The maximum atomic E-state index is 13.9. The number of pyridine rings is 1. The molecule has 2 rings (SSSR count). The molecule has 0 spiro atoms. The van der Waals surface area contributed by atoms with E-state index in [0.717, 1.165) is 0 Å². The van der Waals surface area contributed by atoms with E-state index in [0.29, 0.717) is 16.5 Å². The molecule has 16 heavy (non-hydrogen) atoms. The molecule has 1 aromatic carbocycles. The molecule has 0 saturated heterocycles. The number of hydrogen-bond acceptors (Lipinski definition) is 3. The molecule has 3 nitrogen and oxygen atoms in total. The molecule has 0 saturated carbocycles. The van der Waals surface area contributed by atoms with Gasteiger partial charge in [0.15, 0.2) is 0 Å². The molecule has 0 radical (unpaired) electrons. The lowest BCUT2D eigenvalue weighted by molar-refractivity contribution is -0.142. The van der Waals surface area contributed by atoms with Crippen molar-refractivity contribution >= 4 is 16.9 Å². The summed E-state index contributed by atoms with van der Waals surface area (Å²) in [6, 6.07) is 6.60. The van der Waals surface area contributed by atoms with Crippen LogP contribution in [0, 0.1) is 5.82 Å². The van der Waals surface area contributed by atoms with Gasteiger partial charge in [0.05, 0.1) is 5.52 Å². The Bertz CT molecular complexity index is 540. The molecular formula is C12H10FNO2. The minimum atomic E-state index is -0.425. The van der Waals surface area contributed by atoms with Crippen LogP contribution in [0.1, 0.15) is 12.5 Å². The average Bonchev–Trinajstić information content (AvgIpc) is 2.28. The number of fused-ring (bicyclic) bond motifs is 1. The predicted molar refractivity (Wildman–Crippen MR) is 57.2 cm³/mol. The number of benzene rings is 1. The molecule has 0 aliphatic heterocycles. The van der Waals surface area contributed by atoms with E-state index in [1.54, 1.807) is 30.5 Å². The van der Waals surface area contributed by atoms with Crippen molar-refractivity contribution in [2.45, 2.75) is 13.5 Å². The third-order valence-electron chi connectivity index (χ3n) is 2.23. The number of carbonyl (C=O) groups excluding carboxylic acids is 1. The van der Waals surface area contributed by atoms with Gasteiger partial charge in [-0.15, -0.1) is 0 Å². The van der Waals surface area contributed by atoms with Gasteiger partial charge in [0, 0.05) is 24.1 Å². The Labute approximate surface area is 91.9 Å². The van der Waals surface area contributed by atoms with Gasteiger partial charge < -0.3 is 4.74 Å². The Morgan fingerprint density at radius 2 is 2.25 bits per heavy atom. The molecule has 1 heterocycles. The number of aromatic nitrogens is 1. The zero-order valence-corrected chi connectivity index (χ0v) is 8.74. The summed E-state index contributed by atoms with van der Waals surface area (Å²) in [4.78, 5) is 14.7. The van der Waals surface area contributed by atoms with Crippen LogP contribution in [-0.4, -0.2) is 11.0 Å². The van der Waals surface area contributed by atoms with E-state index in [4.69, 9.17) is 4.74 Å². The number of esters is 1. The molecule has 82 valence electrons. The smallest absolute Gasteiger partial charge is 0.302 e. The summed E-state index contributed by atoms with van der Waals surface area (Å²) in [5, 5.41) is 0.437. The number of ether oxygens (including phenoxy) is 1. The van der Waals surface area contributed by atoms with Gasteiger partial charge in [-0.2, -0.15) is 0 Å². The first kappa shape index (κ1) is 10.5. The van der Waals surface area contributed by atoms with Gasteiger partial charge in [0.2, 0.25) is 0 Å². The van der Waals surface area contributed by atoms with Crippen molar-refractivity contribution in [3.8, 4) is 0 Å². The number of halogens is 1. The summed E-state index contributed by atoms with van der Waals surface area (Å²) in [5.41, 5.74) is 0.947. The van der Waals surface area contributed by atoms with Gasteiger partial charge in [0.1, 0.15) is 12.4 Å². The minimum Gasteiger partial charge on any atom is -0.461 e. The molecule has 0 N–H and O–H groups in total. The van der Waals surface area contributed by atoms with Gasteiger partial charge in [-0.05, 0) is 18.2 Å². The van der Waals surface area contributed by atoms with Crippen molar-refractivity contribution in [3.05, 3.63) is 41.8 Å². The highest BCUT2D eigenvalue weighted by Gasteiger charge is 2.08. The summed E-state index contributed by atoms with van der Waals surface area (Å²) >= 11 is 0. The molecule has 0 aliphatic rings. The second-order valence-corrected chi connectivity index (χ2v) is 3.39. The van der Waals surface area contributed by atoms with Crippen LogP contribution in [0.5, 0.6) is 0 Å². The maximum Gasteiger partial charge on any atom is 0.302 e. The van der Waals surface area contributed by atoms with Crippen LogP contribution in [0.2, 0.25) is 0 Å². The second kappa shape index (κ2) is 4.26. The molecule has 2 aromatic rings. The van der Waals surface area contributed by atoms with Crippen LogP contribution in [-0.2, 0) is 16.1 Å². The van der Waals surface area contributed by atoms with Gasteiger partial charge >= 0.3 is 5.97 Å². The van der Waals surface area contributed by atoms with E-state index in [1.807, 2.05) is 0 Å². The highest BCUT2D eigenvalue weighted by atomic mass is 19.1. The summed E-state index contributed by atoms with van der Waals surface area (Å²) < 4.78 is 18.6. The van der Waals surface area contributed by atoms with Crippen molar-refractivity contribution in [2.75, 3.05) is 0 Å². The standard InChI is InChI=1S/C12H10FNO2/c1-8(15)16-7-9-4-5-11-10(12(9)13)3-2-6-14-11/h2-6H,7H2,1H3. The van der Waals surface area contributed by atoms with Gasteiger partial charge in [0.25, 0.3) is 0 Å². The summed E-state index contributed by atoms with van der Waals surface area (Å²) in [5.74, 6) is -0.808. The first-order valence-electron chi connectivity index (χ1n) is 4.84. The Morgan fingerprint density at radius 1 is 1.44 bits per heavy atom. The number of rotatable bonds is 2. The van der Waals surface area contributed by atoms with E-state index in [2.05, 4.69) is 4.98 Å². The Kier molecular flexibility index (Phi) is 2.81. The fourth-order valence-corrected chi connectivity index (χ4v) is 1.45. The summed E-state index contributed by atoms with van der Waals surface area (Å²) in [6.07, 6.45) is 1.60. The van der Waals surface area contributed by atoms with Crippen molar-refractivity contribution in [3.63, 3.8) is 0 Å². The lowest BCUT2D eigenvalue weighted by atomic mass is 10.1. The molecular weight excluding hydrogens is 209 g/mol. The van der Waals surface area contributed by atoms with Crippen molar-refractivity contribution < 1.29 is 13.9 Å². The van der Waals surface area contributed by atoms with Crippen molar-refractivity contribution in [1.82, 2.24) is 4.98 Å². The summed E-state index contributed by atoms with van der Waals surface area (Å²) in [7, 11) is 0. The highest BCUT2D eigenvalue weighted by Crippen LogP contribution is 2.19. The van der Waals surface area contributed by atoms with Crippen molar-refractivity contribution in [2.24, 2.45) is 0 Å². The quantitative estimate of drug-likeness (QED) is 0.728. The number of hydrogen-bond donors (Lipinski definition) is 0. The van der Waals surface area contributed by atoms with Crippen LogP contribution >= 0.6 is 0 Å². The highest BCUT2D eigenvalue weighted by molar-refractivity contribution is 5.79. The second-order valence-electron chi connectivity index (χ2n) is 3.39. The number of carbonyl (C=O) groups is 1. The van der Waals surface area contributed by atoms with Gasteiger partial charge in [-0.1, -0.05) is 6.07 Å². The maximum absolute atomic E-state index is 13.9. The zero-order chi connectivity index (χ0) is 11.5. The molecule has 0 aliphatic carbocycles. The van der Waals surface area contributed by atoms with Crippen LogP contribution < -0.4 is 0 Å². The third kappa shape index (κ3) is 2.00. The molecule has 1 aromatic heterocycles. The lowest BCUT2D eigenvalue weighted by Crippen LogP contribution is -2.01. The fraction of sp³-hybridized carbons (Fsp3) is 0.167. The Hall–Kier alpha value is -1.97. The van der Waals surface area contributed by atoms with Gasteiger partial charge in [-0.3, -0.25) is 9.78 Å². The molecule has 0 unspecified atom stereocenters. The molecule has 0 atom stereocenters. The van der Waals surface area contributed by atoms with E-state index in [1.165, 1.54) is 6.92 Å². The number of nitrogens with zero attached hydrogens (tertiary/aromatic N) is 1. The first-order valence-corrected chi connectivity index (χ1v) is 4.84. The average molecular weight is 219 g/mol. The van der Waals surface area contributed by atoms with E-state index in [-0.39, 0.29) is 12.4 Å². The van der Waals surface area contributed by atoms with Gasteiger partial charge in [-0.25, -0.2) is 4.39 Å². The van der Waals surface area contributed by atoms with Crippen LogP contribution in [0.25, 0.3) is 10.9 Å². The predicted octanol–water partition coefficient (Wildman–Crippen LogP) is 2.44. The van der Waals surface area contributed by atoms with E-state index < -0.39 is 5.97 Å². The SMILES string of the molecule is CC(=O)OCc1ccc2ncccc2c1F. The normalized spacial score (nSPS) is 10.4. The zero-order valence-electron chi connectivity index (χ0n) is 8.74. The van der Waals surface area contributed by atoms with Crippen LogP contribution in [0.15, 0.2) is 30.5 Å². The van der Waals surface area contributed by atoms with Crippen molar-refractivity contribution in [1.29, 1.82) is 0 Å². The summed E-state index contributed by atoms with van der Waals surface area (Å²) in [6.45, 7) is 1.24. The largest absolute Gasteiger partial charge is 0.461 e. The van der Waals surface area contributed by atoms with E-state index >= 15 is 0 Å². The Balaban J connectivity index is 2.40. The topological polar surface area (TPSA) is 39.2 Å². The monoisotopic (exact) mass is 219 g/mol. The molecule has 0 bridgehead atoms. The lowest BCUT2D eigenvalue weighted by Gasteiger charge is -2.05. The molecule has 4 heteroatoms. The van der Waals surface area contributed by atoms with E-state index in [9.17, 15) is 9.18 Å². The third-order valence-corrected chi connectivity index (χ3v) is 2.23. The Morgan fingerprint density at radius 3 is 3.00 bits per heavy atom. The molecule has 0 fully saturated rings. The van der Waals surface area contributed by atoms with Crippen LogP contribution in [0.3, 0.4) is 0 Å². The van der Waals surface area contributed by atoms with Crippen LogP contribution in [0.4, 0.5) is 4.39 Å². The molecule has 0 amide bonds. The minimum absolute atomic E-state index is 0.0496. The fourth-order valence-electron chi connectivity index (χ4n) is 1.45. The first-order chi connectivity index (χ1) is 7.68.